The van der Waals surface area contributed by atoms with E-state index in [-0.39, 0.29) is 30.6 Å². The van der Waals surface area contributed by atoms with Crippen molar-refractivity contribution in [3.63, 3.8) is 0 Å². The van der Waals surface area contributed by atoms with E-state index in [1.807, 2.05) is 84.9 Å². The van der Waals surface area contributed by atoms with E-state index in [4.69, 9.17) is 26.8 Å². The van der Waals surface area contributed by atoms with Gasteiger partial charge in [-0.2, -0.15) is 0 Å². The Morgan fingerprint density at radius 2 is 1.29 bits per heavy atom. The van der Waals surface area contributed by atoms with Gasteiger partial charge in [-0.05, 0) is 89.5 Å². The van der Waals surface area contributed by atoms with Crippen molar-refractivity contribution in [1.82, 2.24) is 5.32 Å². The molecule has 6 aromatic carbocycles. The highest BCUT2D eigenvalue weighted by atomic mass is 35.5. The van der Waals surface area contributed by atoms with E-state index in [0.29, 0.717) is 21.8 Å². The number of ether oxygens (including phenoxy) is 2. The summed E-state index contributed by atoms with van der Waals surface area (Å²) in [7, 11) is 0. The standard InChI is InChI=1S/C48H43ClN2O5/c1-48(2,3)56-47(54)51-43(27-30-17-24-35(50)25-18-30)45(52)33-21-19-32(20-22-33)44(31-11-5-4-6-12-31)40-26-23-34(28-42(40)49)46(53)55-29-41-38-15-9-7-13-36(38)37-14-8-10-16-39(37)41/h4-26,28,41,43-44H,27,29,50H2,1-3H3,(H,51,54)/t43-,44?/m0/s1. The summed E-state index contributed by atoms with van der Waals surface area (Å²) in [5.74, 6) is -1.08. The number of alkyl carbamates (subject to hydrolysis) is 1. The Morgan fingerprint density at radius 3 is 1.89 bits per heavy atom. The number of hydrogen-bond acceptors (Lipinski definition) is 6. The molecule has 0 spiro atoms. The molecule has 0 saturated heterocycles. The van der Waals surface area contributed by atoms with Gasteiger partial charge >= 0.3 is 12.1 Å². The monoisotopic (exact) mass is 762 g/mol. The number of nitrogen functional groups attached to an aromatic ring is 1. The van der Waals surface area contributed by atoms with Crippen molar-refractivity contribution in [2.45, 2.75) is 50.7 Å². The highest BCUT2D eigenvalue weighted by Crippen LogP contribution is 2.45. The Kier molecular flexibility index (Phi) is 11.1. The Balaban J connectivity index is 1.12. The molecule has 0 radical (unpaired) electrons. The first-order valence-electron chi connectivity index (χ1n) is 18.6. The molecule has 8 heteroatoms. The third-order valence-corrected chi connectivity index (χ3v) is 10.3. The molecule has 0 fully saturated rings. The second-order valence-electron chi connectivity index (χ2n) is 15.0. The fraction of sp³-hybridized carbons (Fsp3) is 0.188. The van der Waals surface area contributed by atoms with Gasteiger partial charge in [-0.25, -0.2) is 9.59 Å². The number of anilines is 1. The maximum absolute atomic E-state index is 14.0. The maximum Gasteiger partial charge on any atom is 0.408 e. The normalized spacial score (nSPS) is 13.2. The van der Waals surface area contributed by atoms with Gasteiger partial charge in [0.1, 0.15) is 12.2 Å². The zero-order valence-electron chi connectivity index (χ0n) is 31.5. The van der Waals surface area contributed by atoms with Crippen LogP contribution in [0.3, 0.4) is 0 Å². The first kappa shape index (κ1) is 38.1. The van der Waals surface area contributed by atoms with Crippen LogP contribution in [0, 0.1) is 0 Å². The molecule has 0 bridgehead atoms. The van der Waals surface area contributed by atoms with Crippen molar-refractivity contribution in [3.05, 3.63) is 195 Å². The first-order chi connectivity index (χ1) is 26.9. The smallest absolute Gasteiger partial charge is 0.408 e. The van der Waals surface area contributed by atoms with Gasteiger partial charge in [-0.15, -0.1) is 0 Å². The zero-order valence-corrected chi connectivity index (χ0v) is 32.3. The number of Topliss-reactive ketones (excluding diaryl/α,β-unsaturated/α-hetero) is 1. The molecule has 2 atom stereocenters. The number of hydrogen-bond donors (Lipinski definition) is 2. The van der Waals surface area contributed by atoms with Crippen molar-refractivity contribution in [2.24, 2.45) is 0 Å². The fourth-order valence-corrected chi connectivity index (χ4v) is 7.65. The lowest BCUT2D eigenvalue weighted by atomic mass is 9.84. The van der Waals surface area contributed by atoms with Crippen molar-refractivity contribution >= 4 is 35.1 Å². The molecule has 56 heavy (non-hydrogen) atoms. The van der Waals surface area contributed by atoms with Gasteiger partial charge in [0.25, 0.3) is 0 Å². The molecule has 1 amide bonds. The third-order valence-electron chi connectivity index (χ3n) is 9.98. The van der Waals surface area contributed by atoms with Gasteiger partial charge in [0.05, 0.1) is 11.6 Å². The van der Waals surface area contributed by atoms with E-state index in [9.17, 15) is 14.4 Å². The van der Waals surface area contributed by atoms with Gasteiger partial charge in [0.15, 0.2) is 5.78 Å². The van der Waals surface area contributed by atoms with Crippen LogP contribution < -0.4 is 11.1 Å². The van der Waals surface area contributed by atoms with Crippen molar-refractivity contribution in [1.29, 1.82) is 0 Å². The van der Waals surface area contributed by atoms with E-state index in [1.165, 1.54) is 0 Å². The predicted molar refractivity (Wildman–Crippen MR) is 221 cm³/mol. The van der Waals surface area contributed by atoms with Gasteiger partial charge in [-0.3, -0.25) is 4.79 Å². The minimum atomic E-state index is -0.885. The summed E-state index contributed by atoms with van der Waals surface area (Å²) in [5, 5.41) is 3.19. The van der Waals surface area contributed by atoms with Crippen LogP contribution in [0.15, 0.2) is 146 Å². The summed E-state index contributed by atoms with van der Waals surface area (Å²) in [6.45, 7) is 5.52. The highest BCUT2D eigenvalue weighted by Gasteiger charge is 2.30. The summed E-state index contributed by atoms with van der Waals surface area (Å²) >= 11 is 7.01. The molecule has 3 N–H and O–H groups in total. The first-order valence-corrected chi connectivity index (χ1v) is 19.0. The number of carbonyl (C=O) groups excluding carboxylic acids is 3. The lowest BCUT2D eigenvalue weighted by Crippen LogP contribution is -2.44. The van der Waals surface area contributed by atoms with Crippen LogP contribution in [0.25, 0.3) is 11.1 Å². The fourth-order valence-electron chi connectivity index (χ4n) is 7.36. The number of fused-ring (bicyclic) bond motifs is 3. The molecule has 282 valence electrons. The molecule has 6 aromatic rings. The number of esters is 1. The van der Waals surface area contributed by atoms with E-state index >= 15 is 0 Å². The lowest BCUT2D eigenvalue weighted by molar-refractivity contribution is 0.0484. The van der Waals surface area contributed by atoms with Gasteiger partial charge in [-0.1, -0.05) is 133 Å². The van der Waals surface area contributed by atoms with Crippen LogP contribution in [-0.2, 0) is 15.9 Å². The number of amides is 1. The molecule has 0 aliphatic heterocycles. The average Bonchev–Trinajstić information content (AvgIpc) is 3.51. The minimum absolute atomic E-state index is 0.0560. The number of carbonyl (C=O) groups is 3. The molecule has 1 aliphatic rings. The van der Waals surface area contributed by atoms with Crippen LogP contribution in [0.1, 0.15) is 86.7 Å². The van der Waals surface area contributed by atoms with E-state index in [2.05, 4.69) is 29.6 Å². The average molecular weight is 763 g/mol. The molecule has 0 saturated carbocycles. The SMILES string of the molecule is CC(C)(C)OC(=O)N[C@@H](Cc1ccc(N)cc1)C(=O)c1ccc(C(c2ccccc2)c2ccc(C(=O)OCC3c4ccccc4-c4ccccc43)cc2Cl)cc1. The predicted octanol–water partition coefficient (Wildman–Crippen LogP) is 10.4. The number of ketones is 1. The summed E-state index contributed by atoms with van der Waals surface area (Å²) in [6, 6.07) is 45.3. The van der Waals surface area contributed by atoms with Crippen LogP contribution in [0.5, 0.6) is 0 Å². The van der Waals surface area contributed by atoms with Crippen LogP contribution in [0.2, 0.25) is 5.02 Å². The topological polar surface area (TPSA) is 108 Å². The molecule has 0 aromatic heterocycles. The number of rotatable bonds is 11. The number of benzene rings is 6. The van der Waals surface area contributed by atoms with E-state index in [1.54, 1.807) is 57.2 Å². The van der Waals surface area contributed by atoms with Crippen molar-refractivity contribution in [3.8, 4) is 11.1 Å². The molecule has 1 aliphatic carbocycles. The van der Waals surface area contributed by atoms with Crippen molar-refractivity contribution < 1.29 is 23.9 Å². The molecule has 7 nitrogen and oxygen atoms in total. The van der Waals surface area contributed by atoms with Gasteiger partial charge in [0.2, 0.25) is 0 Å². The molecular formula is C48H43ClN2O5. The maximum atomic E-state index is 14.0. The second kappa shape index (κ2) is 16.3. The van der Waals surface area contributed by atoms with Gasteiger partial charge < -0.3 is 20.5 Å². The van der Waals surface area contributed by atoms with E-state index < -0.39 is 23.7 Å². The van der Waals surface area contributed by atoms with Crippen LogP contribution in [0.4, 0.5) is 10.5 Å². The van der Waals surface area contributed by atoms with Crippen molar-refractivity contribution in [2.75, 3.05) is 12.3 Å². The third kappa shape index (κ3) is 8.54. The highest BCUT2D eigenvalue weighted by molar-refractivity contribution is 6.31. The van der Waals surface area contributed by atoms with E-state index in [0.717, 1.165) is 44.5 Å². The minimum Gasteiger partial charge on any atom is -0.461 e. The molecule has 0 heterocycles. The summed E-state index contributed by atoms with van der Waals surface area (Å²) in [5.41, 5.74) is 14.7. The zero-order chi connectivity index (χ0) is 39.4. The summed E-state index contributed by atoms with van der Waals surface area (Å²) in [4.78, 5) is 40.3. The lowest BCUT2D eigenvalue weighted by Gasteiger charge is -2.24. The molecule has 7 rings (SSSR count). The molecule has 1 unspecified atom stereocenters. The Morgan fingerprint density at radius 1 is 0.714 bits per heavy atom. The van der Waals surface area contributed by atoms with Gasteiger partial charge in [0, 0.05) is 34.5 Å². The second-order valence-corrected chi connectivity index (χ2v) is 15.4. The Hall–Kier alpha value is -6.18. The number of nitrogens with one attached hydrogen (secondary N) is 1. The summed E-state index contributed by atoms with van der Waals surface area (Å²) in [6.07, 6.45) is -0.429. The Bertz CT molecular complexity index is 2320. The number of nitrogens with two attached hydrogens (primary N) is 1. The van der Waals surface area contributed by atoms with Crippen LogP contribution in [-0.4, -0.2) is 36.1 Å². The van der Waals surface area contributed by atoms with Crippen LogP contribution >= 0.6 is 11.6 Å². The molecular weight excluding hydrogens is 720 g/mol. The number of halogens is 1. The Labute approximate surface area is 332 Å². The largest absolute Gasteiger partial charge is 0.461 e. The summed E-state index contributed by atoms with van der Waals surface area (Å²) < 4.78 is 11.4. The quantitative estimate of drug-likeness (QED) is 0.0589.